The van der Waals surface area contributed by atoms with E-state index in [1.165, 1.54) is 18.4 Å². The fourth-order valence-corrected chi connectivity index (χ4v) is 3.59. The highest BCUT2D eigenvalue weighted by Gasteiger charge is 2.47. The molecule has 0 spiro atoms. The van der Waals surface area contributed by atoms with E-state index >= 15 is 0 Å². The van der Waals surface area contributed by atoms with Gasteiger partial charge < -0.3 is 0 Å². The van der Waals surface area contributed by atoms with Crippen LogP contribution in [0.3, 0.4) is 0 Å². The van der Waals surface area contributed by atoms with Gasteiger partial charge in [-0.1, -0.05) is 43.5 Å². The number of halogens is 1. The molecule has 2 unspecified atom stereocenters. The van der Waals surface area contributed by atoms with E-state index in [9.17, 15) is 4.79 Å². The van der Waals surface area contributed by atoms with Gasteiger partial charge in [0.15, 0.2) is 5.78 Å². The van der Waals surface area contributed by atoms with Crippen molar-refractivity contribution in [1.82, 2.24) is 0 Å². The maximum atomic E-state index is 12.3. The molecule has 1 saturated carbocycles. The van der Waals surface area contributed by atoms with Crippen molar-refractivity contribution in [1.29, 1.82) is 0 Å². The number of fused-ring (bicyclic) bond motifs is 1. The Balaban J connectivity index is 2.00. The molecule has 0 aliphatic heterocycles. The summed E-state index contributed by atoms with van der Waals surface area (Å²) in [4.78, 5) is 12.3. The van der Waals surface area contributed by atoms with E-state index in [2.05, 4.69) is 6.92 Å². The first-order valence-corrected chi connectivity index (χ1v) is 7.01. The van der Waals surface area contributed by atoms with Crippen molar-refractivity contribution in [2.24, 2.45) is 11.3 Å². The minimum atomic E-state index is -0.146. The highest BCUT2D eigenvalue weighted by atomic mass is 35.5. The monoisotopic (exact) mass is 260 g/mol. The SMILES string of the molecule is CC12CCCCC1C(c1ccc(Cl)cc1)=CC2=O. The number of allylic oxidation sites excluding steroid dienone is 2. The summed E-state index contributed by atoms with van der Waals surface area (Å²) in [7, 11) is 0. The maximum Gasteiger partial charge on any atom is 0.162 e. The summed E-state index contributed by atoms with van der Waals surface area (Å²) in [6.07, 6.45) is 6.46. The molecule has 18 heavy (non-hydrogen) atoms. The summed E-state index contributed by atoms with van der Waals surface area (Å²) in [5, 5.41) is 0.745. The van der Waals surface area contributed by atoms with E-state index < -0.39 is 0 Å². The number of carbonyl (C=O) groups is 1. The third kappa shape index (κ3) is 1.73. The maximum absolute atomic E-state index is 12.3. The number of benzene rings is 1. The molecule has 3 rings (SSSR count). The second-order valence-electron chi connectivity index (χ2n) is 5.69. The first-order chi connectivity index (χ1) is 8.61. The van der Waals surface area contributed by atoms with E-state index in [0.29, 0.717) is 11.7 Å². The Kier molecular flexibility index (Phi) is 2.82. The van der Waals surface area contributed by atoms with Crippen LogP contribution in [-0.2, 0) is 4.79 Å². The van der Waals surface area contributed by atoms with Gasteiger partial charge in [0.25, 0.3) is 0 Å². The van der Waals surface area contributed by atoms with Crippen molar-refractivity contribution in [2.75, 3.05) is 0 Å². The van der Waals surface area contributed by atoms with Crippen LogP contribution in [0.25, 0.3) is 5.57 Å². The molecule has 2 atom stereocenters. The number of ketones is 1. The average Bonchev–Trinajstić information content (AvgIpc) is 2.63. The van der Waals surface area contributed by atoms with Crippen LogP contribution in [0.4, 0.5) is 0 Å². The number of hydrogen-bond donors (Lipinski definition) is 0. The molecule has 1 fully saturated rings. The van der Waals surface area contributed by atoms with E-state index in [0.717, 1.165) is 23.4 Å². The third-order valence-electron chi connectivity index (χ3n) is 4.61. The lowest BCUT2D eigenvalue weighted by molar-refractivity contribution is -0.124. The number of hydrogen-bond acceptors (Lipinski definition) is 1. The summed E-state index contributed by atoms with van der Waals surface area (Å²) in [6.45, 7) is 2.14. The molecule has 0 N–H and O–H groups in total. The van der Waals surface area contributed by atoms with Gasteiger partial charge in [-0.25, -0.2) is 0 Å². The topological polar surface area (TPSA) is 17.1 Å². The molecule has 0 aromatic heterocycles. The van der Waals surface area contributed by atoms with Crippen molar-refractivity contribution in [2.45, 2.75) is 32.6 Å². The van der Waals surface area contributed by atoms with Crippen LogP contribution >= 0.6 is 11.6 Å². The fourth-order valence-electron chi connectivity index (χ4n) is 3.46. The van der Waals surface area contributed by atoms with E-state index in [-0.39, 0.29) is 5.41 Å². The lowest BCUT2D eigenvalue weighted by Crippen LogP contribution is -2.33. The van der Waals surface area contributed by atoms with Crippen molar-refractivity contribution in [3.05, 3.63) is 40.9 Å². The van der Waals surface area contributed by atoms with Gasteiger partial charge in [0.05, 0.1) is 0 Å². The van der Waals surface area contributed by atoms with Crippen LogP contribution < -0.4 is 0 Å². The summed E-state index contributed by atoms with van der Waals surface area (Å²) < 4.78 is 0. The van der Waals surface area contributed by atoms with Crippen LogP contribution in [0, 0.1) is 11.3 Å². The van der Waals surface area contributed by atoms with E-state index in [4.69, 9.17) is 11.6 Å². The largest absolute Gasteiger partial charge is 0.294 e. The number of carbonyl (C=O) groups excluding carboxylic acids is 1. The van der Waals surface area contributed by atoms with Crippen LogP contribution in [-0.4, -0.2) is 5.78 Å². The average molecular weight is 261 g/mol. The molecule has 0 radical (unpaired) electrons. The van der Waals surface area contributed by atoms with Crippen molar-refractivity contribution in [3.8, 4) is 0 Å². The molecule has 0 heterocycles. The minimum Gasteiger partial charge on any atom is -0.294 e. The highest BCUT2D eigenvalue weighted by Crippen LogP contribution is 2.52. The van der Waals surface area contributed by atoms with Gasteiger partial charge in [-0.2, -0.15) is 0 Å². The third-order valence-corrected chi connectivity index (χ3v) is 4.86. The molecule has 1 aromatic rings. The summed E-state index contributed by atoms with van der Waals surface area (Å²) in [5.41, 5.74) is 2.23. The molecule has 1 nitrogen and oxygen atoms in total. The zero-order valence-corrected chi connectivity index (χ0v) is 11.3. The summed E-state index contributed by atoms with van der Waals surface area (Å²) >= 11 is 5.93. The van der Waals surface area contributed by atoms with Gasteiger partial charge in [-0.15, -0.1) is 0 Å². The van der Waals surface area contributed by atoms with E-state index in [1.807, 2.05) is 30.3 Å². The smallest absolute Gasteiger partial charge is 0.162 e. The molecule has 1 aromatic carbocycles. The first-order valence-electron chi connectivity index (χ1n) is 6.63. The van der Waals surface area contributed by atoms with Crippen molar-refractivity contribution in [3.63, 3.8) is 0 Å². The summed E-state index contributed by atoms with van der Waals surface area (Å²) in [6, 6.07) is 7.87. The predicted molar refractivity (Wildman–Crippen MR) is 74.5 cm³/mol. The molecular weight excluding hydrogens is 244 g/mol. The zero-order valence-electron chi connectivity index (χ0n) is 10.6. The molecule has 2 heteroatoms. The van der Waals surface area contributed by atoms with Gasteiger partial charge >= 0.3 is 0 Å². The van der Waals surface area contributed by atoms with Crippen LogP contribution in [0.2, 0.25) is 5.02 Å². The molecule has 94 valence electrons. The van der Waals surface area contributed by atoms with Gasteiger partial charge in [0.1, 0.15) is 0 Å². The van der Waals surface area contributed by atoms with Gasteiger partial charge in [0.2, 0.25) is 0 Å². The van der Waals surface area contributed by atoms with Crippen molar-refractivity contribution < 1.29 is 4.79 Å². The molecular formula is C16H17ClO. The molecule has 2 aliphatic rings. The first kappa shape index (κ1) is 12.0. The minimum absolute atomic E-state index is 0.146. The molecule has 0 amide bonds. The van der Waals surface area contributed by atoms with Crippen LogP contribution in [0.15, 0.2) is 30.3 Å². The van der Waals surface area contributed by atoms with Crippen LogP contribution in [0.1, 0.15) is 38.2 Å². The van der Waals surface area contributed by atoms with Gasteiger partial charge in [-0.3, -0.25) is 4.79 Å². The lowest BCUT2D eigenvalue weighted by Gasteiger charge is -2.36. The molecule has 0 saturated heterocycles. The Morgan fingerprint density at radius 2 is 1.94 bits per heavy atom. The Bertz CT molecular complexity index is 514. The lowest BCUT2D eigenvalue weighted by atomic mass is 9.66. The van der Waals surface area contributed by atoms with Crippen molar-refractivity contribution >= 4 is 23.0 Å². The predicted octanol–water partition coefficient (Wildman–Crippen LogP) is 4.50. The number of rotatable bonds is 1. The normalized spacial score (nSPS) is 31.1. The van der Waals surface area contributed by atoms with Gasteiger partial charge in [-0.05, 0) is 48.1 Å². The fraction of sp³-hybridized carbons (Fsp3) is 0.438. The zero-order chi connectivity index (χ0) is 12.8. The van der Waals surface area contributed by atoms with Crippen LogP contribution in [0.5, 0.6) is 0 Å². The highest BCUT2D eigenvalue weighted by molar-refractivity contribution is 6.30. The second kappa shape index (κ2) is 4.24. The van der Waals surface area contributed by atoms with Gasteiger partial charge in [0, 0.05) is 10.4 Å². The molecule has 2 aliphatic carbocycles. The van der Waals surface area contributed by atoms with E-state index in [1.54, 1.807) is 0 Å². The second-order valence-corrected chi connectivity index (χ2v) is 6.12. The Labute approximate surface area is 113 Å². The standard InChI is InChI=1S/C16H17ClO/c1-16-9-3-2-4-14(16)13(10-15(16)18)11-5-7-12(17)8-6-11/h5-8,10,14H,2-4,9H2,1H3. The Hall–Kier alpha value is -1.08. The Morgan fingerprint density at radius 1 is 1.22 bits per heavy atom. The summed E-state index contributed by atoms with van der Waals surface area (Å²) in [5.74, 6) is 0.720. The quantitative estimate of drug-likeness (QED) is 0.726. The Morgan fingerprint density at radius 3 is 2.67 bits per heavy atom. The molecule has 0 bridgehead atoms.